The van der Waals surface area contributed by atoms with Crippen LogP contribution in [0.4, 0.5) is 0 Å². The molecule has 1 atom stereocenters. The van der Waals surface area contributed by atoms with E-state index >= 15 is 0 Å². The standard InChI is InChI=1S/C9H20O2.C3H8O2/c1-3-5-6-9(4-2,7-10)8-11;1-3(5)2-4/h10-11H,3-8H2,1-2H3;3-5H,2H2,1H3. The van der Waals surface area contributed by atoms with Crippen LogP contribution in [-0.4, -0.2) is 46.4 Å². The maximum absolute atomic E-state index is 9.04. The Labute approximate surface area is 98.9 Å². The highest BCUT2D eigenvalue weighted by atomic mass is 16.3. The van der Waals surface area contributed by atoms with Gasteiger partial charge in [0.25, 0.3) is 0 Å². The van der Waals surface area contributed by atoms with Gasteiger partial charge in [0, 0.05) is 5.41 Å². The van der Waals surface area contributed by atoms with Crippen molar-refractivity contribution in [3.8, 4) is 0 Å². The van der Waals surface area contributed by atoms with E-state index in [1.165, 1.54) is 6.92 Å². The summed E-state index contributed by atoms with van der Waals surface area (Å²) in [6.45, 7) is 5.75. The van der Waals surface area contributed by atoms with Crippen molar-refractivity contribution in [3.05, 3.63) is 0 Å². The third-order valence-corrected chi connectivity index (χ3v) is 2.75. The molecule has 0 aliphatic heterocycles. The van der Waals surface area contributed by atoms with Crippen molar-refractivity contribution in [2.45, 2.75) is 52.6 Å². The van der Waals surface area contributed by atoms with Gasteiger partial charge in [-0.05, 0) is 19.8 Å². The van der Waals surface area contributed by atoms with Gasteiger partial charge in [-0.1, -0.05) is 26.7 Å². The quantitative estimate of drug-likeness (QED) is 0.530. The molecule has 100 valence electrons. The van der Waals surface area contributed by atoms with Gasteiger partial charge in [0.2, 0.25) is 0 Å². The summed E-state index contributed by atoms with van der Waals surface area (Å²) in [6.07, 6.45) is 3.46. The highest BCUT2D eigenvalue weighted by molar-refractivity contribution is 4.75. The monoisotopic (exact) mass is 236 g/mol. The van der Waals surface area contributed by atoms with Gasteiger partial charge in [0.1, 0.15) is 0 Å². The Hall–Kier alpha value is -0.160. The number of rotatable bonds is 7. The Kier molecular flexibility index (Phi) is 12.9. The van der Waals surface area contributed by atoms with E-state index in [-0.39, 0.29) is 25.2 Å². The van der Waals surface area contributed by atoms with Crippen molar-refractivity contribution in [1.29, 1.82) is 0 Å². The summed E-state index contributed by atoms with van der Waals surface area (Å²) in [5.74, 6) is 0. The van der Waals surface area contributed by atoms with Gasteiger partial charge in [-0.15, -0.1) is 0 Å². The zero-order valence-electron chi connectivity index (χ0n) is 10.8. The van der Waals surface area contributed by atoms with Crippen LogP contribution in [0.15, 0.2) is 0 Å². The molecule has 4 nitrogen and oxygen atoms in total. The lowest BCUT2D eigenvalue weighted by molar-refractivity contribution is 0.0420. The fourth-order valence-electron chi connectivity index (χ4n) is 1.16. The molecule has 0 amide bonds. The number of aliphatic hydroxyl groups is 4. The second kappa shape index (κ2) is 11.3. The molecule has 0 fully saturated rings. The van der Waals surface area contributed by atoms with Crippen LogP contribution in [0.2, 0.25) is 0 Å². The number of unbranched alkanes of at least 4 members (excludes halogenated alkanes) is 1. The lowest BCUT2D eigenvalue weighted by Gasteiger charge is -2.27. The molecule has 0 radical (unpaired) electrons. The number of hydrogen-bond donors (Lipinski definition) is 4. The number of aliphatic hydroxyl groups excluding tert-OH is 4. The van der Waals surface area contributed by atoms with E-state index in [1.54, 1.807) is 0 Å². The molecule has 0 aliphatic carbocycles. The second-order valence-corrected chi connectivity index (χ2v) is 4.30. The summed E-state index contributed by atoms with van der Waals surface area (Å²) in [4.78, 5) is 0. The molecule has 0 heterocycles. The minimum atomic E-state index is -0.560. The first kappa shape index (κ1) is 18.2. The molecular formula is C12H28O4. The average Bonchev–Trinajstić information content (AvgIpc) is 2.32. The van der Waals surface area contributed by atoms with E-state index in [2.05, 4.69) is 6.92 Å². The summed E-state index contributed by atoms with van der Waals surface area (Å²) >= 11 is 0. The Bertz CT molecular complexity index is 125. The van der Waals surface area contributed by atoms with E-state index in [4.69, 9.17) is 20.4 Å². The Morgan fingerprint density at radius 2 is 1.50 bits per heavy atom. The summed E-state index contributed by atoms with van der Waals surface area (Å²) < 4.78 is 0. The van der Waals surface area contributed by atoms with Crippen LogP contribution in [0.5, 0.6) is 0 Å². The van der Waals surface area contributed by atoms with Crippen molar-refractivity contribution < 1.29 is 20.4 Å². The first-order valence-corrected chi connectivity index (χ1v) is 6.02. The SMILES string of the molecule is CC(O)CO.CCCCC(CC)(CO)CO. The summed E-state index contributed by atoms with van der Waals surface area (Å²) in [7, 11) is 0. The van der Waals surface area contributed by atoms with Crippen LogP contribution < -0.4 is 0 Å². The summed E-state index contributed by atoms with van der Waals surface area (Å²) in [6, 6.07) is 0. The van der Waals surface area contributed by atoms with E-state index in [0.717, 1.165) is 25.7 Å². The van der Waals surface area contributed by atoms with Crippen LogP contribution in [0.1, 0.15) is 46.5 Å². The van der Waals surface area contributed by atoms with E-state index in [9.17, 15) is 0 Å². The minimum Gasteiger partial charge on any atom is -0.396 e. The molecule has 4 heteroatoms. The molecule has 0 aromatic heterocycles. The predicted octanol–water partition coefficient (Wildman–Crippen LogP) is 0.917. The minimum absolute atomic E-state index is 0.111. The fourth-order valence-corrected chi connectivity index (χ4v) is 1.16. The molecule has 0 spiro atoms. The maximum Gasteiger partial charge on any atom is 0.0742 e. The predicted molar refractivity (Wildman–Crippen MR) is 65.2 cm³/mol. The summed E-state index contributed by atoms with van der Waals surface area (Å²) in [5, 5.41) is 34.1. The van der Waals surface area contributed by atoms with Crippen molar-refractivity contribution in [2.24, 2.45) is 5.41 Å². The lowest BCUT2D eigenvalue weighted by atomic mass is 9.82. The van der Waals surface area contributed by atoms with Gasteiger partial charge < -0.3 is 20.4 Å². The van der Waals surface area contributed by atoms with Crippen molar-refractivity contribution in [2.75, 3.05) is 19.8 Å². The number of hydrogen-bond acceptors (Lipinski definition) is 4. The van der Waals surface area contributed by atoms with Gasteiger partial charge in [-0.2, -0.15) is 0 Å². The maximum atomic E-state index is 9.04. The van der Waals surface area contributed by atoms with Gasteiger partial charge in [0.15, 0.2) is 0 Å². The van der Waals surface area contributed by atoms with Crippen LogP contribution in [0.3, 0.4) is 0 Å². The van der Waals surface area contributed by atoms with Crippen LogP contribution in [-0.2, 0) is 0 Å². The molecule has 0 bridgehead atoms. The van der Waals surface area contributed by atoms with E-state index in [0.29, 0.717) is 0 Å². The molecule has 0 aromatic carbocycles. The van der Waals surface area contributed by atoms with Crippen LogP contribution in [0.25, 0.3) is 0 Å². The molecule has 0 saturated carbocycles. The Morgan fingerprint density at radius 3 is 1.69 bits per heavy atom. The molecule has 0 rings (SSSR count). The average molecular weight is 236 g/mol. The third-order valence-electron chi connectivity index (χ3n) is 2.75. The highest BCUT2D eigenvalue weighted by Gasteiger charge is 2.25. The highest BCUT2D eigenvalue weighted by Crippen LogP contribution is 2.27. The van der Waals surface area contributed by atoms with Crippen molar-refractivity contribution in [3.63, 3.8) is 0 Å². The molecular weight excluding hydrogens is 208 g/mol. The Morgan fingerprint density at radius 1 is 1.06 bits per heavy atom. The molecule has 4 N–H and O–H groups in total. The topological polar surface area (TPSA) is 80.9 Å². The zero-order valence-corrected chi connectivity index (χ0v) is 10.8. The van der Waals surface area contributed by atoms with E-state index < -0.39 is 6.10 Å². The fraction of sp³-hybridized carbons (Fsp3) is 1.00. The van der Waals surface area contributed by atoms with E-state index in [1.807, 2.05) is 6.92 Å². The lowest BCUT2D eigenvalue weighted by Crippen LogP contribution is -2.28. The van der Waals surface area contributed by atoms with Gasteiger partial charge >= 0.3 is 0 Å². The summed E-state index contributed by atoms with van der Waals surface area (Å²) in [5.41, 5.74) is -0.212. The molecule has 0 saturated heterocycles. The normalized spacial score (nSPS) is 12.9. The van der Waals surface area contributed by atoms with Crippen molar-refractivity contribution >= 4 is 0 Å². The first-order valence-electron chi connectivity index (χ1n) is 6.02. The zero-order chi connectivity index (χ0) is 13.0. The van der Waals surface area contributed by atoms with Crippen molar-refractivity contribution in [1.82, 2.24) is 0 Å². The smallest absolute Gasteiger partial charge is 0.0742 e. The molecule has 1 unspecified atom stereocenters. The van der Waals surface area contributed by atoms with Gasteiger partial charge in [0.05, 0.1) is 25.9 Å². The van der Waals surface area contributed by atoms with Gasteiger partial charge in [-0.25, -0.2) is 0 Å². The molecule has 0 aliphatic rings. The van der Waals surface area contributed by atoms with Crippen LogP contribution in [0, 0.1) is 5.41 Å². The molecule has 0 aromatic rings. The van der Waals surface area contributed by atoms with Gasteiger partial charge in [-0.3, -0.25) is 0 Å². The third kappa shape index (κ3) is 9.09. The van der Waals surface area contributed by atoms with Crippen LogP contribution >= 0.6 is 0 Å². The molecule has 16 heavy (non-hydrogen) atoms. The Balaban J connectivity index is 0. The first-order chi connectivity index (χ1) is 7.51. The largest absolute Gasteiger partial charge is 0.396 e. The second-order valence-electron chi connectivity index (χ2n) is 4.30.